The number of ether oxygens (including phenoxy) is 2. The number of hydrazone groups is 1. The molecule has 0 aliphatic heterocycles. The molecule has 8 heteroatoms. The summed E-state index contributed by atoms with van der Waals surface area (Å²) in [7, 11) is 1.56. The lowest BCUT2D eigenvalue weighted by atomic mass is 10.1. The topological polar surface area (TPSA) is 89.0 Å². The number of halogens is 1. The molecule has 1 atom stereocenters. The smallest absolute Gasteiger partial charge is 0.252 e. The molecule has 2 N–H and O–H groups in total. The summed E-state index contributed by atoms with van der Waals surface area (Å²) in [5.74, 6) is -0.521. The van der Waals surface area contributed by atoms with Crippen LogP contribution in [0.15, 0.2) is 64.7 Å². The maximum absolute atomic E-state index is 12.2. The first-order valence-electron chi connectivity index (χ1n) is 8.75. The minimum Gasteiger partial charge on any atom is -0.497 e. The fourth-order valence-corrected chi connectivity index (χ4v) is 2.69. The molecule has 0 fully saturated rings. The average Bonchev–Trinajstić information content (AvgIpc) is 2.73. The molecule has 2 rings (SSSR count). The molecule has 0 aromatic heterocycles. The molecule has 152 valence electrons. The van der Waals surface area contributed by atoms with Crippen molar-refractivity contribution in [3.63, 3.8) is 0 Å². The molecule has 29 heavy (non-hydrogen) atoms. The highest BCUT2D eigenvalue weighted by Gasteiger charge is 2.21. The minimum atomic E-state index is -0.921. The molecule has 0 aliphatic rings. The first-order valence-corrected chi connectivity index (χ1v) is 9.55. The average molecular weight is 460 g/mol. The van der Waals surface area contributed by atoms with Gasteiger partial charge in [0.2, 0.25) is 5.91 Å². The van der Waals surface area contributed by atoms with Crippen LogP contribution in [0.25, 0.3) is 0 Å². The number of hydrogen-bond acceptors (Lipinski definition) is 5. The van der Waals surface area contributed by atoms with Crippen LogP contribution in [0.5, 0.6) is 11.5 Å². The fourth-order valence-electron chi connectivity index (χ4n) is 2.17. The van der Waals surface area contributed by atoms with Gasteiger partial charge in [-0.1, -0.05) is 12.7 Å². The molecular formula is C21H22BrN3O4. The van der Waals surface area contributed by atoms with Crippen molar-refractivity contribution < 1.29 is 19.1 Å². The number of methoxy groups -OCH3 is 1. The number of amides is 2. The number of carbonyl (C=O) groups excluding carboxylic acids is 2. The van der Waals surface area contributed by atoms with Gasteiger partial charge in [0.05, 0.1) is 17.8 Å². The standard InChI is InChI=1S/C21H22BrN3O4/c1-4-11-29-19-10-5-15(12-18(19)22)13-23-25-21(27)14(2)20(26)24-16-6-8-17(28-3)9-7-16/h4-10,12-14H,1,11H2,2-3H3,(H,24,26)(H,25,27). The normalized spacial score (nSPS) is 11.6. The lowest BCUT2D eigenvalue weighted by Gasteiger charge is -2.11. The Kier molecular flexibility index (Phi) is 8.42. The lowest BCUT2D eigenvalue weighted by molar-refractivity contribution is -0.131. The summed E-state index contributed by atoms with van der Waals surface area (Å²) in [6.45, 7) is 5.51. The highest BCUT2D eigenvalue weighted by molar-refractivity contribution is 9.10. The van der Waals surface area contributed by atoms with Crippen molar-refractivity contribution in [3.8, 4) is 11.5 Å². The van der Waals surface area contributed by atoms with E-state index in [9.17, 15) is 9.59 Å². The third-order valence-corrected chi connectivity index (χ3v) is 4.46. The van der Waals surface area contributed by atoms with Crippen molar-refractivity contribution in [1.29, 1.82) is 0 Å². The molecule has 2 aromatic rings. The Hall–Kier alpha value is -3.13. The third-order valence-electron chi connectivity index (χ3n) is 3.85. The summed E-state index contributed by atoms with van der Waals surface area (Å²) >= 11 is 3.41. The van der Waals surface area contributed by atoms with Crippen LogP contribution < -0.4 is 20.2 Å². The number of anilines is 1. The van der Waals surface area contributed by atoms with E-state index in [1.807, 2.05) is 0 Å². The second-order valence-corrected chi connectivity index (χ2v) is 6.82. The van der Waals surface area contributed by atoms with Gasteiger partial charge in [0.1, 0.15) is 24.0 Å². The Labute approximate surface area is 177 Å². The molecule has 2 amide bonds. The number of rotatable bonds is 9. The van der Waals surface area contributed by atoms with Gasteiger partial charge >= 0.3 is 0 Å². The zero-order chi connectivity index (χ0) is 21.2. The predicted molar refractivity (Wildman–Crippen MR) is 116 cm³/mol. The van der Waals surface area contributed by atoms with Crippen LogP contribution in [-0.4, -0.2) is 31.7 Å². The molecule has 0 spiro atoms. The van der Waals surface area contributed by atoms with Gasteiger partial charge in [-0.05, 0) is 70.9 Å². The van der Waals surface area contributed by atoms with Crippen molar-refractivity contribution >= 4 is 39.6 Å². The van der Waals surface area contributed by atoms with Crippen molar-refractivity contribution in [2.24, 2.45) is 11.0 Å². The van der Waals surface area contributed by atoms with Crippen LogP contribution in [0.2, 0.25) is 0 Å². The van der Waals surface area contributed by atoms with Gasteiger partial charge in [0.15, 0.2) is 0 Å². The summed E-state index contributed by atoms with van der Waals surface area (Å²) in [5, 5.41) is 6.59. The summed E-state index contributed by atoms with van der Waals surface area (Å²) in [5.41, 5.74) is 3.69. The number of hydrogen-bond donors (Lipinski definition) is 2. The summed E-state index contributed by atoms with van der Waals surface area (Å²) < 4.78 is 11.3. The van der Waals surface area contributed by atoms with Gasteiger partial charge in [-0.2, -0.15) is 5.10 Å². The van der Waals surface area contributed by atoms with Crippen molar-refractivity contribution in [1.82, 2.24) is 5.43 Å². The van der Waals surface area contributed by atoms with Crippen LogP contribution in [-0.2, 0) is 9.59 Å². The quantitative estimate of drug-likeness (QED) is 0.258. The molecule has 0 radical (unpaired) electrons. The second kappa shape index (κ2) is 11.0. The van der Waals surface area contributed by atoms with Crippen molar-refractivity contribution in [3.05, 3.63) is 65.2 Å². The van der Waals surface area contributed by atoms with E-state index in [1.165, 1.54) is 13.1 Å². The fraction of sp³-hybridized carbons (Fsp3) is 0.190. The highest BCUT2D eigenvalue weighted by atomic mass is 79.9. The van der Waals surface area contributed by atoms with Crippen molar-refractivity contribution in [2.75, 3.05) is 19.0 Å². The summed E-state index contributed by atoms with van der Waals surface area (Å²) in [6.07, 6.45) is 3.14. The van der Waals surface area contributed by atoms with E-state index in [1.54, 1.807) is 55.7 Å². The highest BCUT2D eigenvalue weighted by Crippen LogP contribution is 2.25. The summed E-state index contributed by atoms with van der Waals surface area (Å²) in [4.78, 5) is 24.4. The van der Waals surface area contributed by atoms with Gasteiger partial charge in [0, 0.05) is 5.69 Å². The number of benzene rings is 2. The molecule has 0 heterocycles. The Morgan fingerprint density at radius 2 is 1.93 bits per heavy atom. The zero-order valence-corrected chi connectivity index (χ0v) is 17.7. The van der Waals surface area contributed by atoms with Crippen LogP contribution in [0.1, 0.15) is 12.5 Å². The van der Waals surface area contributed by atoms with E-state index < -0.39 is 17.7 Å². The van der Waals surface area contributed by atoms with E-state index in [0.29, 0.717) is 23.8 Å². The minimum absolute atomic E-state index is 0.401. The third kappa shape index (κ3) is 6.76. The molecule has 1 unspecified atom stereocenters. The van der Waals surface area contributed by atoms with E-state index in [4.69, 9.17) is 9.47 Å². The maximum Gasteiger partial charge on any atom is 0.252 e. The van der Waals surface area contributed by atoms with Gasteiger partial charge in [-0.15, -0.1) is 0 Å². The summed E-state index contributed by atoms with van der Waals surface area (Å²) in [6, 6.07) is 12.2. The Morgan fingerprint density at radius 3 is 2.55 bits per heavy atom. The number of carbonyl (C=O) groups is 2. The van der Waals surface area contributed by atoms with E-state index in [0.717, 1.165) is 10.0 Å². The largest absolute Gasteiger partial charge is 0.497 e. The molecule has 2 aromatic carbocycles. The van der Waals surface area contributed by atoms with Crippen LogP contribution >= 0.6 is 15.9 Å². The SMILES string of the molecule is C=CCOc1ccc(C=NNC(=O)C(C)C(=O)Nc2ccc(OC)cc2)cc1Br. The molecule has 0 saturated heterocycles. The second-order valence-electron chi connectivity index (χ2n) is 5.96. The van der Waals surface area contributed by atoms with E-state index in [-0.39, 0.29) is 0 Å². The molecule has 0 saturated carbocycles. The first-order chi connectivity index (χ1) is 13.9. The number of nitrogens with one attached hydrogen (secondary N) is 2. The van der Waals surface area contributed by atoms with Gasteiger partial charge in [-0.25, -0.2) is 5.43 Å². The van der Waals surface area contributed by atoms with E-state index >= 15 is 0 Å². The molecule has 7 nitrogen and oxygen atoms in total. The van der Waals surface area contributed by atoms with Crippen LogP contribution in [0.4, 0.5) is 5.69 Å². The van der Waals surface area contributed by atoms with Gasteiger partial charge < -0.3 is 14.8 Å². The Morgan fingerprint density at radius 1 is 1.21 bits per heavy atom. The molecule has 0 bridgehead atoms. The Balaban J connectivity index is 1.89. The molecular weight excluding hydrogens is 438 g/mol. The van der Waals surface area contributed by atoms with Crippen LogP contribution in [0, 0.1) is 5.92 Å². The Bertz CT molecular complexity index is 897. The zero-order valence-electron chi connectivity index (χ0n) is 16.1. The van der Waals surface area contributed by atoms with Crippen LogP contribution in [0.3, 0.4) is 0 Å². The lowest BCUT2D eigenvalue weighted by Crippen LogP contribution is -2.34. The van der Waals surface area contributed by atoms with Crippen molar-refractivity contribution in [2.45, 2.75) is 6.92 Å². The number of nitrogens with zero attached hydrogens (tertiary/aromatic N) is 1. The molecule has 0 aliphatic carbocycles. The monoisotopic (exact) mass is 459 g/mol. The maximum atomic E-state index is 12.2. The van der Waals surface area contributed by atoms with Gasteiger partial charge in [-0.3, -0.25) is 9.59 Å². The predicted octanol–water partition coefficient (Wildman–Crippen LogP) is 3.75. The first kappa shape index (κ1) is 22.2. The van der Waals surface area contributed by atoms with Gasteiger partial charge in [0.25, 0.3) is 5.91 Å². The van der Waals surface area contributed by atoms with E-state index in [2.05, 4.69) is 38.4 Å².